The Labute approximate surface area is 123 Å². The van der Waals surface area contributed by atoms with Crippen molar-refractivity contribution in [1.82, 2.24) is 0 Å². The Kier molecular flexibility index (Phi) is 3.72. The van der Waals surface area contributed by atoms with Crippen molar-refractivity contribution >= 4 is 17.7 Å². The van der Waals surface area contributed by atoms with Crippen LogP contribution in [0.15, 0.2) is 54.1 Å². The molecule has 0 bridgehead atoms. The van der Waals surface area contributed by atoms with E-state index in [9.17, 15) is 4.39 Å². The van der Waals surface area contributed by atoms with Gasteiger partial charge < -0.3 is 5.73 Å². The minimum absolute atomic E-state index is 0.125. The second kappa shape index (κ2) is 5.66. The summed E-state index contributed by atoms with van der Waals surface area (Å²) in [4.78, 5) is 0. The van der Waals surface area contributed by atoms with Crippen LogP contribution in [0.2, 0.25) is 0 Å². The van der Waals surface area contributed by atoms with Crippen LogP contribution in [0.4, 0.5) is 4.39 Å². The molecule has 1 atom stereocenters. The van der Waals surface area contributed by atoms with Gasteiger partial charge in [-0.2, -0.15) is 0 Å². The Morgan fingerprint density at radius 1 is 1.05 bits per heavy atom. The molecular weight excluding hydrogens is 261 g/mol. The summed E-state index contributed by atoms with van der Waals surface area (Å²) in [7, 11) is 0. The molecule has 0 amide bonds. The first-order chi connectivity index (χ1) is 10.2. The molecule has 1 unspecified atom stereocenters. The van der Waals surface area contributed by atoms with Crippen LogP contribution < -0.4 is 16.2 Å². The second-order valence-corrected chi connectivity index (χ2v) is 5.26. The molecule has 0 radical (unpaired) electrons. The third-order valence-corrected chi connectivity index (χ3v) is 3.92. The lowest BCUT2D eigenvalue weighted by Crippen LogP contribution is -2.35. The van der Waals surface area contributed by atoms with Gasteiger partial charge in [0.1, 0.15) is 5.82 Å². The van der Waals surface area contributed by atoms with Crippen LogP contribution in [0.1, 0.15) is 18.9 Å². The molecule has 1 aliphatic rings. The number of nitrogens with two attached hydrogens (primary N) is 1. The molecule has 2 aromatic carbocycles. The molecule has 2 heteroatoms. The highest BCUT2D eigenvalue weighted by Gasteiger charge is 2.14. The van der Waals surface area contributed by atoms with E-state index in [4.69, 9.17) is 5.73 Å². The van der Waals surface area contributed by atoms with Crippen molar-refractivity contribution in [2.45, 2.75) is 19.4 Å². The highest BCUT2D eigenvalue weighted by molar-refractivity contribution is 5.80. The monoisotopic (exact) mass is 279 g/mol. The first kappa shape index (κ1) is 13.8. The lowest BCUT2D eigenvalue weighted by molar-refractivity contribution is 0.627. The zero-order chi connectivity index (χ0) is 14.8. The molecule has 0 heterocycles. The van der Waals surface area contributed by atoms with E-state index in [-0.39, 0.29) is 11.9 Å². The van der Waals surface area contributed by atoms with Gasteiger partial charge in [0.15, 0.2) is 0 Å². The quantitative estimate of drug-likeness (QED) is 0.898. The van der Waals surface area contributed by atoms with Crippen LogP contribution in [0.3, 0.4) is 0 Å². The van der Waals surface area contributed by atoms with E-state index in [0.717, 1.165) is 17.6 Å². The van der Waals surface area contributed by atoms with E-state index in [0.29, 0.717) is 0 Å². The largest absolute Gasteiger partial charge is 0.321 e. The number of allylic oxidation sites excluding steroid dienone is 1. The van der Waals surface area contributed by atoms with Gasteiger partial charge in [0.25, 0.3) is 0 Å². The maximum absolute atomic E-state index is 13.1. The minimum atomic E-state index is -0.215. The van der Waals surface area contributed by atoms with Gasteiger partial charge in [-0.05, 0) is 51.8 Å². The summed E-state index contributed by atoms with van der Waals surface area (Å²) in [5.74, 6) is -0.215. The predicted octanol–water partition coefficient (Wildman–Crippen LogP) is 2.59. The fraction of sp³-hybridized carbons (Fsp3) is 0.158. The Morgan fingerprint density at radius 2 is 1.71 bits per heavy atom. The maximum atomic E-state index is 13.1. The molecule has 3 rings (SSSR count). The van der Waals surface area contributed by atoms with Crippen LogP contribution >= 0.6 is 0 Å². The third kappa shape index (κ3) is 2.67. The topological polar surface area (TPSA) is 26.0 Å². The fourth-order valence-corrected chi connectivity index (χ4v) is 2.86. The lowest BCUT2D eigenvalue weighted by Gasteiger charge is -2.18. The van der Waals surface area contributed by atoms with E-state index in [1.807, 2.05) is 24.3 Å². The highest BCUT2D eigenvalue weighted by atomic mass is 19.1. The third-order valence-electron chi connectivity index (χ3n) is 3.92. The predicted molar refractivity (Wildman–Crippen MR) is 86.2 cm³/mol. The average Bonchev–Trinajstić information content (AvgIpc) is 2.50. The van der Waals surface area contributed by atoms with Gasteiger partial charge in [0.05, 0.1) is 0 Å². The lowest BCUT2D eigenvalue weighted by atomic mass is 9.89. The van der Waals surface area contributed by atoms with Gasteiger partial charge >= 0.3 is 0 Å². The average molecular weight is 279 g/mol. The molecule has 0 saturated carbocycles. The van der Waals surface area contributed by atoms with E-state index >= 15 is 0 Å². The zero-order valence-corrected chi connectivity index (χ0v) is 12.0. The van der Waals surface area contributed by atoms with Gasteiger partial charge in [-0.25, -0.2) is 4.39 Å². The molecule has 1 nitrogen and oxygen atoms in total. The summed E-state index contributed by atoms with van der Waals surface area (Å²) in [6, 6.07) is 14.7. The highest BCUT2D eigenvalue weighted by Crippen LogP contribution is 2.26. The molecule has 0 aliphatic heterocycles. The van der Waals surface area contributed by atoms with Crippen molar-refractivity contribution in [1.29, 1.82) is 0 Å². The molecular formula is C19H18FN. The summed E-state index contributed by atoms with van der Waals surface area (Å²) in [6.07, 6.45) is 5.10. The molecule has 2 N–H and O–H groups in total. The summed E-state index contributed by atoms with van der Waals surface area (Å²) in [5, 5.41) is 2.35. The van der Waals surface area contributed by atoms with Crippen molar-refractivity contribution in [2.75, 3.05) is 0 Å². The van der Waals surface area contributed by atoms with Crippen molar-refractivity contribution in [3.63, 3.8) is 0 Å². The Hall–Kier alpha value is -2.19. The molecule has 21 heavy (non-hydrogen) atoms. The molecule has 1 aliphatic carbocycles. The van der Waals surface area contributed by atoms with Crippen LogP contribution in [-0.2, 0) is 0 Å². The number of benzene rings is 2. The van der Waals surface area contributed by atoms with Crippen LogP contribution in [0.25, 0.3) is 17.7 Å². The molecule has 0 spiro atoms. The molecule has 0 aromatic heterocycles. The normalized spacial score (nSPS) is 19.3. The van der Waals surface area contributed by atoms with Crippen molar-refractivity contribution in [2.24, 2.45) is 5.73 Å². The number of fused-ring (bicyclic) bond motifs is 1. The standard InChI is InChI=1S/C19H18FN/c1-2-17(13-7-9-16(20)10-8-13)18-11-14-5-3-4-6-15(14)12-19(18)21/h3-12,19H,2,21H2,1H3/b18-17+. The maximum Gasteiger partial charge on any atom is 0.123 e. The van der Waals surface area contributed by atoms with E-state index in [2.05, 4.69) is 31.2 Å². The number of halogens is 1. The Balaban J connectivity index is 2.20. The van der Waals surface area contributed by atoms with Gasteiger partial charge in [0.2, 0.25) is 0 Å². The van der Waals surface area contributed by atoms with Gasteiger partial charge in [0, 0.05) is 6.04 Å². The minimum Gasteiger partial charge on any atom is -0.321 e. The molecule has 0 fully saturated rings. The van der Waals surface area contributed by atoms with E-state index in [1.165, 1.54) is 28.1 Å². The summed E-state index contributed by atoms with van der Waals surface area (Å²) in [5.41, 5.74) is 9.64. The molecule has 106 valence electrons. The van der Waals surface area contributed by atoms with Crippen LogP contribution in [0, 0.1) is 5.82 Å². The SMILES string of the molecule is CC/C(=C1/C=c2ccccc2=CC1N)c1ccc(F)cc1. The number of rotatable bonds is 2. The number of hydrogen-bond donors (Lipinski definition) is 1. The van der Waals surface area contributed by atoms with Gasteiger partial charge in [-0.15, -0.1) is 0 Å². The zero-order valence-electron chi connectivity index (χ0n) is 12.0. The van der Waals surface area contributed by atoms with Crippen molar-refractivity contribution < 1.29 is 4.39 Å². The molecule has 0 saturated heterocycles. The Morgan fingerprint density at radius 3 is 2.38 bits per heavy atom. The van der Waals surface area contributed by atoms with Crippen molar-refractivity contribution in [3.05, 3.63) is 75.9 Å². The summed E-state index contributed by atoms with van der Waals surface area (Å²) >= 11 is 0. The number of hydrogen-bond acceptors (Lipinski definition) is 1. The summed E-state index contributed by atoms with van der Waals surface area (Å²) in [6.45, 7) is 2.10. The smallest absolute Gasteiger partial charge is 0.123 e. The van der Waals surface area contributed by atoms with E-state index in [1.54, 1.807) is 0 Å². The van der Waals surface area contributed by atoms with Crippen LogP contribution in [-0.4, -0.2) is 6.04 Å². The van der Waals surface area contributed by atoms with Gasteiger partial charge in [-0.3, -0.25) is 0 Å². The Bertz CT molecular complexity index is 800. The van der Waals surface area contributed by atoms with E-state index < -0.39 is 0 Å². The van der Waals surface area contributed by atoms with Crippen molar-refractivity contribution in [3.8, 4) is 0 Å². The molecule has 2 aromatic rings. The summed E-state index contributed by atoms with van der Waals surface area (Å²) < 4.78 is 13.1. The first-order valence-electron chi connectivity index (χ1n) is 7.22. The second-order valence-electron chi connectivity index (χ2n) is 5.26. The van der Waals surface area contributed by atoms with Gasteiger partial charge in [-0.1, -0.05) is 49.4 Å². The fourth-order valence-electron chi connectivity index (χ4n) is 2.86. The van der Waals surface area contributed by atoms with Crippen LogP contribution in [0.5, 0.6) is 0 Å². The first-order valence-corrected chi connectivity index (χ1v) is 7.22.